The van der Waals surface area contributed by atoms with Gasteiger partial charge in [-0.25, -0.2) is 9.59 Å². The lowest BCUT2D eigenvalue weighted by Crippen LogP contribution is -2.41. The molecule has 0 fully saturated rings. The van der Waals surface area contributed by atoms with E-state index in [9.17, 15) is 9.59 Å². The van der Waals surface area contributed by atoms with Gasteiger partial charge in [0.2, 0.25) is 0 Å². The van der Waals surface area contributed by atoms with Gasteiger partial charge in [0, 0.05) is 0 Å². The first kappa shape index (κ1) is 22.7. The van der Waals surface area contributed by atoms with Crippen LogP contribution in [0.5, 0.6) is 5.75 Å². The number of amides is 2. The molecule has 7 heteroatoms. The SMILES string of the molecule is CCOc1ccc(C(NC(=O)OCc2ccccc2)NC(=O)OCc2ccccc2)cc1. The van der Waals surface area contributed by atoms with Crippen LogP contribution in [0.4, 0.5) is 9.59 Å². The van der Waals surface area contributed by atoms with Crippen molar-refractivity contribution in [2.45, 2.75) is 26.3 Å². The highest BCUT2D eigenvalue weighted by atomic mass is 16.6. The average Bonchev–Trinajstić information content (AvgIpc) is 2.83. The zero-order valence-corrected chi connectivity index (χ0v) is 17.8. The molecule has 3 aromatic rings. The van der Waals surface area contributed by atoms with Gasteiger partial charge in [-0.2, -0.15) is 0 Å². The Balaban J connectivity index is 1.63. The molecule has 32 heavy (non-hydrogen) atoms. The van der Waals surface area contributed by atoms with Crippen LogP contribution in [-0.4, -0.2) is 18.8 Å². The van der Waals surface area contributed by atoms with Crippen LogP contribution in [0.2, 0.25) is 0 Å². The van der Waals surface area contributed by atoms with Gasteiger partial charge in [0.15, 0.2) is 0 Å². The Bertz CT molecular complexity index is 921. The molecule has 3 rings (SSSR count). The summed E-state index contributed by atoms with van der Waals surface area (Å²) in [7, 11) is 0. The van der Waals surface area contributed by atoms with Gasteiger partial charge in [-0.3, -0.25) is 10.6 Å². The Hall–Kier alpha value is -4.00. The smallest absolute Gasteiger partial charge is 0.409 e. The van der Waals surface area contributed by atoms with Gasteiger partial charge in [-0.15, -0.1) is 0 Å². The van der Waals surface area contributed by atoms with Gasteiger partial charge in [-0.1, -0.05) is 72.8 Å². The van der Waals surface area contributed by atoms with E-state index >= 15 is 0 Å². The van der Waals surface area contributed by atoms with Gasteiger partial charge >= 0.3 is 12.2 Å². The molecule has 0 aromatic heterocycles. The molecule has 0 heterocycles. The topological polar surface area (TPSA) is 85.9 Å². The lowest BCUT2D eigenvalue weighted by Gasteiger charge is -2.20. The summed E-state index contributed by atoms with van der Waals surface area (Å²) in [5, 5.41) is 5.34. The van der Waals surface area contributed by atoms with Crippen LogP contribution >= 0.6 is 0 Å². The van der Waals surface area contributed by atoms with E-state index in [0.29, 0.717) is 17.9 Å². The third-order valence-corrected chi connectivity index (χ3v) is 4.47. The summed E-state index contributed by atoms with van der Waals surface area (Å²) < 4.78 is 16.0. The second kappa shape index (κ2) is 12.0. The van der Waals surface area contributed by atoms with E-state index in [-0.39, 0.29) is 13.2 Å². The maximum absolute atomic E-state index is 12.4. The predicted molar refractivity (Wildman–Crippen MR) is 120 cm³/mol. The molecule has 0 radical (unpaired) electrons. The molecular weight excluding hydrogens is 408 g/mol. The van der Waals surface area contributed by atoms with Crippen molar-refractivity contribution in [3.8, 4) is 5.75 Å². The van der Waals surface area contributed by atoms with E-state index in [4.69, 9.17) is 14.2 Å². The fourth-order valence-corrected chi connectivity index (χ4v) is 2.89. The molecular formula is C25H26N2O5. The fraction of sp³-hybridized carbons (Fsp3) is 0.200. The van der Waals surface area contributed by atoms with Crippen molar-refractivity contribution in [2.24, 2.45) is 0 Å². The fourth-order valence-electron chi connectivity index (χ4n) is 2.89. The van der Waals surface area contributed by atoms with E-state index < -0.39 is 18.4 Å². The van der Waals surface area contributed by atoms with Crippen molar-refractivity contribution >= 4 is 12.2 Å². The molecule has 2 amide bonds. The molecule has 166 valence electrons. The Morgan fingerprint density at radius 3 is 1.62 bits per heavy atom. The minimum atomic E-state index is -0.850. The van der Waals surface area contributed by atoms with Crippen LogP contribution in [0, 0.1) is 0 Å². The predicted octanol–water partition coefficient (Wildman–Crippen LogP) is 4.94. The van der Waals surface area contributed by atoms with Gasteiger partial charge in [0.05, 0.1) is 6.61 Å². The molecule has 0 saturated heterocycles. The molecule has 0 aliphatic carbocycles. The quantitative estimate of drug-likeness (QED) is 0.466. The van der Waals surface area contributed by atoms with Gasteiger partial charge in [-0.05, 0) is 35.7 Å². The van der Waals surface area contributed by atoms with Crippen molar-refractivity contribution in [3.05, 3.63) is 102 Å². The zero-order valence-electron chi connectivity index (χ0n) is 17.8. The highest BCUT2D eigenvalue weighted by molar-refractivity contribution is 5.71. The first-order valence-electron chi connectivity index (χ1n) is 10.3. The Kier molecular flexibility index (Phi) is 8.50. The van der Waals surface area contributed by atoms with E-state index in [2.05, 4.69) is 10.6 Å². The molecule has 0 spiro atoms. The molecule has 0 atom stereocenters. The minimum Gasteiger partial charge on any atom is -0.494 e. The van der Waals surface area contributed by atoms with Gasteiger partial charge in [0.1, 0.15) is 25.1 Å². The summed E-state index contributed by atoms with van der Waals surface area (Å²) >= 11 is 0. The summed E-state index contributed by atoms with van der Waals surface area (Å²) in [6.07, 6.45) is -2.19. The first-order chi connectivity index (χ1) is 15.6. The summed E-state index contributed by atoms with van der Waals surface area (Å²) in [5.74, 6) is 0.688. The Morgan fingerprint density at radius 1 is 0.719 bits per heavy atom. The Labute approximate surface area is 187 Å². The number of hydrogen-bond donors (Lipinski definition) is 2. The number of carbonyl (C=O) groups is 2. The first-order valence-corrected chi connectivity index (χ1v) is 10.3. The minimum absolute atomic E-state index is 0.112. The van der Waals surface area contributed by atoms with Crippen molar-refractivity contribution in [1.82, 2.24) is 10.6 Å². The molecule has 0 aliphatic heterocycles. The number of ether oxygens (including phenoxy) is 3. The van der Waals surface area contributed by atoms with Gasteiger partial charge in [0.25, 0.3) is 0 Å². The molecule has 0 bridgehead atoms. The van der Waals surface area contributed by atoms with E-state index in [1.807, 2.05) is 67.6 Å². The highest BCUT2D eigenvalue weighted by Crippen LogP contribution is 2.17. The molecule has 0 saturated carbocycles. The van der Waals surface area contributed by atoms with Crippen LogP contribution in [0.25, 0.3) is 0 Å². The van der Waals surface area contributed by atoms with E-state index in [1.165, 1.54) is 0 Å². The van der Waals surface area contributed by atoms with Gasteiger partial charge < -0.3 is 14.2 Å². The molecule has 2 N–H and O–H groups in total. The number of hydrogen-bond acceptors (Lipinski definition) is 5. The van der Waals surface area contributed by atoms with Crippen LogP contribution < -0.4 is 15.4 Å². The molecule has 0 aliphatic rings. The van der Waals surface area contributed by atoms with Crippen LogP contribution in [0.3, 0.4) is 0 Å². The molecule has 7 nitrogen and oxygen atoms in total. The maximum atomic E-state index is 12.4. The van der Waals surface area contributed by atoms with Crippen LogP contribution in [-0.2, 0) is 22.7 Å². The number of benzene rings is 3. The third kappa shape index (κ3) is 7.36. The second-order valence-corrected chi connectivity index (χ2v) is 6.85. The standard InChI is InChI=1S/C25H26N2O5/c1-2-30-22-15-13-21(14-16-22)23(26-24(28)31-17-19-9-5-3-6-10-19)27-25(29)32-18-20-11-7-4-8-12-20/h3-16,23H,2,17-18H2,1H3,(H,26,28)(H,27,29). The van der Waals surface area contributed by atoms with Crippen molar-refractivity contribution in [1.29, 1.82) is 0 Å². The van der Waals surface area contributed by atoms with Crippen LogP contribution in [0.15, 0.2) is 84.9 Å². The van der Waals surface area contributed by atoms with E-state index in [1.54, 1.807) is 24.3 Å². The number of carbonyl (C=O) groups excluding carboxylic acids is 2. The molecule has 0 unspecified atom stereocenters. The maximum Gasteiger partial charge on any atom is 0.409 e. The monoisotopic (exact) mass is 434 g/mol. The summed E-state index contributed by atoms with van der Waals surface area (Å²) in [4.78, 5) is 24.8. The average molecular weight is 434 g/mol. The summed E-state index contributed by atoms with van der Waals surface area (Å²) in [6.45, 7) is 2.66. The largest absolute Gasteiger partial charge is 0.494 e. The second-order valence-electron chi connectivity index (χ2n) is 6.85. The number of nitrogens with one attached hydrogen (secondary N) is 2. The lowest BCUT2D eigenvalue weighted by atomic mass is 10.1. The lowest BCUT2D eigenvalue weighted by molar-refractivity contribution is 0.122. The van der Waals surface area contributed by atoms with E-state index in [0.717, 1.165) is 11.1 Å². The van der Waals surface area contributed by atoms with Crippen molar-refractivity contribution < 1.29 is 23.8 Å². The third-order valence-electron chi connectivity index (χ3n) is 4.47. The number of alkyl carbamates (subject to hydrolysis) is 2. The van der Waals surface area contributed by atoms with Crippen LogP contribution in [0.1, 0.15) is 29.8 Å². The molecule has 3 aromatic carbocycles. The van der Waals surface area contributed by atoms with Crippen molar-refractivity contribution in [2.75, 3.05) is 6.61 Å². The summed E-state index contributed by atoms with van der Waals surface area (Å²) in [6, 6.07) is 25.7. The van der Waals surface area contributed by atoms with Crippen molar-refractivity contribution in [3.63, 3.8) is 0 Å². The number of rotatable bonds is 9. The highest BCUT2D eigenvalue weighted by Gasteiger charge is 2.19. The Morgan fingerprint density at radius 2 is 1.19 bits per heavy atom. The zero-order chi connectivity index (χ0) is 22.6. The normalized spacial score (nSPS) is 10.3. The summed E-state index contributed by atoms with van der Waals surface area (Å²) in [5.41, 5.74) is 2.35.